The summed E-state index contributed by atoms with van der Waals surface area (Å²) in [6, 6.07) is 1.78. The van der Waals surface area contributed by atoms with Crippen molar-refractivity contribution in [1.82, 2.24) is 14.9 Å². The normalized spacial score (nSPS) is 10.5. The molecule has 1 heterocycles. The minimum atomic E-state index is 0.620. The molecule has 0 spiro atoms. The molecule has 15 heavy (non-hydrogen) atoms. The lowest BCUT2D eigenvalue weighted by molar-refractivity contribution is 0.425. The van der Waals surface area contributed by atoms with Crippen molar-refractivity contribution in [2.24, 2.45) is 5.84 Å². The molecule has 1 rings (SSSR count). The zero-order valence-corrected chi connectivity index (χ0v) is 9.41. The molecule has 0 saturated heterocycles. The van der Waals surface area contributed by atoms with Crippen LogP contribution in [0.25, 0.3) is 0 Å². The van der Waals surface area contributed by atoms with Crippen molar-refractivity contribution in [2.75, 3.05) is 37.9 Å². The highest BCUT2D eigenvalue weighted by molar-refractivity contribution is 5.46. The van der Waals surface area contributed by atoms with Crippen molar-refractivity contribution in [3.8, 4) is 0 Å². The summed E-state index contributed by atoms with van der Waals surface area (Å²) in [6.45, 7) is 3.62. The van der Waals surface area contributed by atoms with Gasteiger partial charge in [0.25, 0.3) is 0 Å². The number of nitrogens with zero attached hydrogens (tertiary/aromatic N) is 3. The SMILES string of the molecule is Cc1nc(NN)cc(NCCN(C)C)n1. The average Bonchev–Trinajstić information content (AvgIpc) is 2.16. The Kier molecular flexibility index (Phi) is 4.26. The molecule has 0 radical (unpaired) electrons. The number of hydrogen-bond acceptors (Lipinski definition) is 6. The zero-order valence-electron chi connectivity index (χ0n) is 9.41. The number of aryl methyl sites for hydroxylation is 1. The Hall–Kier alpha value is -1.40. The summed E-state index contributed by atoms with van der Waals surface area (Å²) in [5.74, 6) is 7.39. The lowest BCUT2D eigenvalue weighted by atomic mass is 10.4. The van der Waals surface area contributed by atoms with Crippen LogP contribution < -0.4 is 16.6 Å². The lowest BCUT2D eigenvalue weighted by Gasteiger charge is -2.11. The van der Waals surface area contributed by atoms with E-state index in [0.717, 1.165) is 18.9 Å². The van der Waals surface area contributed by atoms with E-state index in [2.05, 4.69) is 25.6 Å². The highest BCUT2D eigenvalue weighted by Crippen LogP contribution is 2.09. The number of nitrogen functional groups attached to an aromatic ring is 1. The molecule has 0 atom stereocenters. The number of hydrogen-bond donors (Lipinski definition) is 3. The molecule has 0 aliphatic rings. The largest absolute Gasteiger partial charge is 0.369 e. The van der Waals surface area contributed by atoms with Crippen LogP contribution in [0.2, 0.25) is 0 Å². The van der Waals surface area contributed by atoms with Gasteiger partial charge >= 0.3 is 0 Å². The van der Waals surface area contributed by atoms with E-state index in [1.807, 2.05) is 21.0 Å². The van der Waals surface area contributed by atoms with Gasteiger partial charge in [-0.05, 0) is 21.0 Å². The van der Waals surface area contributed by atoms with Crippen LogP contribution in [0.1, 0.15) is 5.82 Å². The van der Waals surface area contributed by atoms with Gasteiger partial charge in [-0.25, -0.2) is 15.8 Å². The van der Waals surface area contributed by atoms with Gasteiger partial charge < -0.3 is 15.6 Å². The van der Waals surface area contributed by atoms with Crippen molar-refractivity contribution >= 4 is 11.6 Å². The van der Waals surface area contributed by atoms with Crippen molar-refractivity contribution in [3.63, 3.8) is 0 Å². The van der Waals surface area contributed by atoms with Crippen LogP contribution in [0.3, 0.4) is 0 Å². The summed E-state index contributed by atoms with van der Waals surface area (Å²) < 4.78 is 0. The van der Waals surface area contributed by atoms with E-state index in [1.54, 1.807) is 6.07 Å². The van der Waals surface area contributed by atoms with E-state index >= 15 is 0 Å². The Morgan fingerprint density at radius 2 is 2.00 bits per heavy atom. The van der Waals surface area contributed by atoms with E-state index in [4.69, 9.17) is 5.84 Å². The molecule has 6 nitrogen and oxygen atoms in total. The molecule has 1 aromatic heterocycles. The van der Waals surface area contributed by atoms with Gasteiger partial charge in [0, 0.05) is 19.2 Å². The van der Waals surface area contributed by atoms with Gasteiger partial charge in [-0.1, -0.05) is 0 Å². The summed E-state index contributed by atoms with van der Waals surface area (Å²) in [5, 5.41) is 3.20. The maximum absolute atomic E-state index is 5.29. The van der Waals surface area contributed by atoms with Crippen molar-refractivity contribution < 1.29 is 0 Å². The minimum absolute atomic E-state index is 0.620. The first kappa shape index (κ1) is 11.7. The van der Waals surface area contributed by atoms with Crippen molar-refractivity contribution in [2.45, 2.75) is 6.92 Å². The fraction of sp³-hybridized carbons (Fsp3) is 0.556. The molecule has 0 amide bonds. The average molecular weight is 210 g/mol. The molecule has 0 aliphatic heterocycles. The van der Waals surface area contributed by atoms with Gasteiger partial charge in [-0.15, -0.1) is 0 Å². The standard InChI is InChI=1S/C9H18N6/c1-7-12-8(6-9(13-7)14-10)11-4-5-15(2)3/h6H,4-5,10H2,1-3H3,(H2,11,12,13,14). The third kappa shape index (κ3) is 4.09. The summed E-state index contributed by atoms with van der Waals surface area (Å²) in [7, 11) is 4.06. The van der Waals surface area contributed by atoms with Gasteiger partial charge in [0.2, 0.25) is 0 Å². The number of rotatable bonds is 5. The fourth-order valence-electron chi connectivity index (χ4n) is 1.14. The monoisotopic (exact) mass is 210 g/mol. The molecule has 4 N–H and O–H groups in total. The number of aromatic nitrogens is 2. The maximum atomic E-state index is 5.29. The first-order chi connectivity index (χ1) is 7.11. The summed E-state index contributed by atoms with van der Waals surface area (Å²) in [4.78, 5) is 10.4. The van der Waals surface area contributed by atoms with E-state index in [0.29, 0.717) is 11.6 Å². The molecule has 0 fully saturated rings. The van der Waals surface area contributed by atoms with Gasteiger partial charge in [-0.3, -0.25) is 0 Å². The van der Waals surface area contributed by atoms with Gasteiger partial charge in [-0.2, -0.15) is 0 Å². The number of hydrazine groups is 1. The highest BCUT2D eigenvalue weighted by Gasteiger charge is 1.99. The Bertz CT molecular complexity index is 311. The number of likely N-dealkylation sites (N-methyl/N-ethyl adjacent to an activating group) is 1. The van der Waals surface area contributed by atoms with E-state index in [9.17, 15) is 0 Å². The highest BCUT2D eigenvalue weighted by atomic mass is 15.3. The van der Waals surface area contributed by atoms with Crippen LogP contribution >= 0.6 is 0 Å². The van der Waals surface area contributed by atoms with Crippen LogP contribution in [0.4, 0.5) is 11.6 Å². The topological polar surface area (TPSA) is 79.1 Å². The number of nitrogens with two attached hydrogens (primary N) is 1. The molecular formula is C9H18N6. The van der Waals surface area contributed by atoms with Crippen molar-refractivity contribution in [3.05, 3.63) is 11.9 Å². The quantitative estimate of drug-likeness (QED) is 0.470. The molecule has 6 heteroatoms. The fourth-order valence-corrected chi connectivity index (χ4v) is 1.14. The van der Waals surface area contributed by atoms with Gasteiger partial charge in [0.15, 0.2) is 0 Å². The molecule has 0 aromatic carbocycles. The predicted octanol–water partition coefficient (Wildman–Crippen LogP) is 0.0441. The van der Waals surface area contributed by atoms with Crippen LogP contribution in [0.15, 0.2) is 6.07 Å². The van der Waals surface area contributed by atoms with Crippen LogP contribution in [-0.2, 0) is 0 Å². The second kappa shape index (κ2) is 5.47. The third-order valence-electron chi connectivity index (χ3n) is 1.85. The first-order valence-corrected chi connectivity index (χ1v) is 4.82. The van der Waals surface area contributed by atoms with Crippen molar-refractivity contribution in [1.29, 1.82) is 0 Å². The van der Waals surface area contributed by atoms with Crippen LogP contribution in [-0.4, -0.2) is 42.1 Å². The first-order valence-electron chi connectivity index (χ1n) is 4.82. The van der Waals surface area contributed by atoms with E-state index < -0.39 is 0 Å². The van der Waals surface area contributed by atoms with Gasteiger partial charge in [0.1, 0.15) is 17.5 Å². The molecule has 0 bridgehead atoms. The number of nitrogens with one attached hydrogen (secondary N) is 2. The summed E-state index contributed by atoms with van der Waals surface area (Å²) >= 11 is 0. The Balaban J connectivity index is 2.56. The Morgan fingerprint density at radius 1 is 1.33 bits per heavy atom. The summed E-state index contributed by atoms with van der Waals surface area (Å²) in [5.41, 5.74) is 2.51. The summed E-state index contributed by atoms with van der Waals surface area (Å²) in [6.07, 6.45) is 0. The maximum Gasteiger partial charge on any atom is 0.145 e. The minimum Gasteiger partial charge on any atom is -0.369 e. The molecule has 0 unspecified atom stereocenters. The second-order valence-electron chi connectivity index (χ2n) is 3.56. The molecule has 0 aliphatic carbocycles. The van der Waals surface area contributed by atoms with E-state index in [-0.39, 0.29) is 0 Å². The molecule has 1 aromatic rings. The van der Waals surface area contributed by atoms with E-state index in [1.165, 1.54) is 0 Å². The third-order valence-corrected chi connectivity index (χ3v) is 1.85. The smallest absolute Gasteiger partial charge is 0.145 e. The molecule has 84 valence electrons. The predicted molar refractivity (Wildman–Crippen MR) is 61.6 cm³/mol. The van der Waals surface area contributed by atoms with Gasteiger partial charge in [0.05, 0.1) is 0 Å². The van der Waals surface area contributed by atoms with Crippen LogP contribution in [0, 0.1) is 6.92 Å². The molecular weight excluding hydrogens is 192 g/mol. The lowest BCUT2D eigenvalue weighted by Crippen LogP contribution is -2.21. The Labute approximate surface area is 89.9 Å². The Morgan fingerprint density at radius 3 is 2.60 bits per heavy atom. The molecule has 0 saturated carbocycles. The zero-order chi connectivity index (χ0) is 11.3. The second-order valence-corrected chi connectivity index (χ2v) is 3.56. The number of anilines is 2. The van der Waals surface area contributed by atoms with Crippen LogP contribution in [0.5, 0.6) is 0 Å².